The summed E-state index contributed by atoms with van der Waals surface area (Å²) in [6.45, 7) is 6.06. The van der Waals surface area contributed by atoms with Crippen molar-refractivity contribution in [3.8, 4) is 17.2 Å². The Labute approximate surface area is 244 Å². The Balaban J connectivity index is 1.63. The number of ether oxygens (including phenoxy) is 3. The van der Waals surface area contributed by atoms with Crippen LogP contribution >= 0.6 is 0 Å². The fourth-order valence-electron chi connectivity index (χ4n) is 4.35. The molecule has 10 nitrogen and oxygen atoms in total. The minimum Gasteiger partial charge on any atom is -0.492 e. The minimum absolute atomic E-state index is 0.214. The van der Waals surface area contributed by atoms with Gasteiger partial charge in [0.05, 0.1) is 31.3 Å². The molecule has 0 fully saturated rings. The number of nitrogens with one attached hydrogen (secondary N) is 4. The van der Waals surface area contributed by atoms with Gasteiger partial charge in [-0.15, -0.1) is 0 Å². The molecule has 218 valence electrons. The van der Waals surface area contributed by atoms with Crippen molar-refractivity contribution in [1.82, 2.24) is 5.32 Å². The van der Waals surface area contributed by atoms with E-state index < -0.39 is 12.1 Å². The lowest BCUT2D eigenvalue weighted by Crippen LogP contribution is -2.22. The number of fused-ring (bicyclic) bond motifs is 1. The lowest BCUT2D eigenvalue weighted by atomic mass is 9.86. The molecule has 0 unspecified atom stereocenters. The first kappa shape index (κ1) is 29.7. The van der Waals surface area contributed by atoms with Crippen molar-refractivity contribution >= 4 is 45.9 Å². The monoisotopic (exact) mass is 570 g/mol. The summed E-state index contributed by atoms with van der Waals surface area (Å²) in [7, 11) is 4.29. The van der Waals surface area contributed by atoms with Crippen molar-refractivity contribution in [3.63, 3.8) is 0 Å². The number of carbonyl (C=O) groups excluding carboxylic acids is 3. The van der Waals surface area contributed by atoms with Gasteiger partial charge in [-0.25, -0.2) is 9.59 Å². The van der Waals surface area contributed by atoms with Crippen molar-refractivity contribution in [2.45, 2.75) is 26.2 Å². The Morgan fingerprint density at radius 1 is 0.738 bits per heavy atom. The largest absolute Gasteiger partial charge is 0.492 e. The average Bonchev–Trinajstić information content (AvgIpc) is 2.97. The highest BCUT2D eigenvalue weighted by Crippen LogP contribution is 2.39. The highest BCUT2D eigenvalue weighted by molar-refractivity contribution is 6.08. The van der Waals surface area contributed by atoms with Gasteiger partial charge in [-0.05, 0) is 53.4 Å². The SMILES string of the molecule is CNC(=O)c1cccc(Oc2ccc(NC(=O)Nc3cc(C(C)(C)C)cc(NC(=O)OC)c3OC)c3ccccc23)c1. The number of amides is 4. The Bertz CT molecular complexity index is 1640. The predicted molar refractivity (Wildman–Crippen MR) is 164 cm³/mol. The van der Waals surface area contributed by atoms with E-state index in [0.717, 1.165) is 16.3 Å². The first-order valence-corrected chi connectivity index (χ1v) is 13.2. The number of anilines is 3. The van der Waals surface area contributed by atoms with E-state index in [2.05, 4.69) is 21.3 Å². The third-order valence-corrected chi connectivity index (χ3v) is 6.51. The first-order valence-electron chi connectivity index (χ1n) is 13.2. The van der Waals surface area contributed by atoms with Crippen LogP contribution in [0.4, 0.5) is 26.7 Å². The molecule has 0 aliphatic rings. The minimum atomic E-state index is -0.663. The van der Waals surface area contributed by atoms with Gasteiger partial charge in [0.2, 0.25) is 0 Å². The molecular weight excluding hydrogens is 536 g/mol. The molecule has 4 N–H and O–H groups in total. The van der Waals surface area contributed by atoms with E-state index in [1.165, 1.54) is 14.2 Å². The van der Waals surface area contributed by atoms with Crippen molar-refractivity contribution in [3.05, 3.63) is 83.9 Å². The molecule has 0 aromatic heterocycles. The van der Waals surface area contributed by atoms with Crippen LogP contribution in [-0.4, -0.2) is 39.3 Å². The van der Waals surface area contributed by atoms with Gasteiger partial charge in [-0.3, -0.25) is 10.1 Å². The zero-order valence-corrected chi connectivity index (χ0v) is 24.4. The molecule has 4 aromatic carbocycles. The van der Waals surface area contributed by atoms with Gasteiger partial charge >= 0.3 is 12.1 Å². The molecule has 4 rings (SSSR count). The van der Waals surface area contributed by atoms with E-state index in [-0.39, 0.29) is 17.1 Å². The Hall–Kier alpha value is -5.25. The highest BCUT2D eigenvalue weighted by atomic mass is 16.5. The first-order chi connectivity index (χ1) is 20.0. The van der Waals surface area contributed by atoms with E-state index in [1.807, 2.05) is 51.1 Å². The molecule has 0 aliphatic carbocycles. The number of hydrogen-bond donors (Lipinski definition) is 4. The van der Waals surface area contributed by atoms with Crippen molar-refractivity contribution in [2.24, 2.45) is 0 Å². The van der Waals surface area contributed by atoms with E-state index in [4.69, 9.17) is 14.2 Å². The van der Waals surface area contributed by atoms with Crippen LogP contribution in [-0.2, 0) is 10.2 Å². The summed E-state index contributed by atoms with van der Waals surface area (Å²) in [6, 6.07) is 21.0. The van der Waals surface area contributed by atoms with Crippen LogP contribution in [0.2, 0.25) is 0 Å². The van der Waals surface area contributed by atoms with E-state index in [0.29, 0.717) is 34.1 Å². The fourth-order valence-corrected chi connectivity index (χ4v) is 4.35. The van der Waals surface area contributed by atoms with Crippen LogP contribution < -0.4 is 30.7 Å². The van der Waals surface area contributed by atoms with Gasteiger partial charge in [0, 0.05) is 23.4 Å². The molecule has 0 atom stereocenters. The van der Waals surface area contributed by atoms with Crippen LogP contribution in [0.25, 0.3) is 10.8 Å². The van der Waals surface area contributed by atoms with Gasteiger partial charge in [0.1, 0.15) is 11.5 Å². The second-order valence-corrected chi connectivity index (χ2v) is 10.4. The molecule has 0 bridgehead atoms. The van der Waals surface area contributed by atoms with Gasteiger partial charge < -0.3 is 30.2 Å². The lowest BCUT2D eigenvalue weighted by molar-refractivity contribution is 0.0962. The maximum Gasteiger partial charge on any atom is 0.411 e. The Morgan fingerprint density at radius 2 is 1.40 bits per heavy atom. The summed E-state index contributed by atoms with van der Waals surface area (Å²) in [5, 5.41) is 12.5. The topological polar surface area (TPSA) is 127 Å². The lowest BCUT2D eigenvalue weighted by Gasteiger charge is -2.24. The Kier molecular flexibility index (Phi) is 8.85. The van der Waals surface area contributed by atoms with E-state index in [1.54, 1.807) is 49.5 Å². The molecule has 0 saturated carbocycles. The molecule has 0 spiro atoms. The van der Waals surface area contributed by atoms with E-state index in [9.17, 15) is 14.4 Å². The standard InChI is InChI=1S/C32H34N4O6/c1-32(2,3)20-17-25(28(40-5)26(18-20)36-31(39)41-6)35-30(38)34-24-14-15-27(23-13-8-7-12-22(23)24)42-21-11-9-10-19(16-21)29(37)33-4/h7-18H,1-6H3,(H,33,37)(H,36,39)(H2,34,35,38). The number of carbonyl (C=O) groups is 3. The maximum atomic E-state index is 13.3. The number of methoxy groups -OCH3 is 2. The predicted octanol–water partition coefficient (Wildman–Crippen LogP) is 7.12. The second kappa shape index (κ2) is 12.5. The molecule has 4 amide bonds. The van der Waals surface area contributed by atoms with Crippen molar-refractivity contribution in [1.29, 1.82) is 0 Å². The molecule has 0 aliphatic heterocycles. The number of benzene rings is 4. The Morgan fingerprint density at radius 3 is 2.05 bits per heavy atom. The van der Waals surface area contributed by atoms with Gasteiger partial charge in [-0.2, -0.15) is 0 Å². The number of urea groups is 1. The van der Waals surface area contributed by atoms with Crippen LogP contribution in [0.1, 0.15) is 36.7 Å². The molecule has 10 heteroatoms. The van der Waals surface area contributed by atoms with Gasteiger partial charge in [0.15, 0.2) is 5.75 Å². The third kappa shape index (κ3) is 6.72. The normalized spacial score (nSPS) is 10.9. The molecule has 0 radical (unpaired) electrons. The molecule has 0 saturated heterocycles. The zero-order chi connectivity index (χ0) is 30.4. The summed E-state index contributed by atoms with van der Waals surface area (Å²) >= 11 is 0. The summed E-state index contributed by atoms with van der Waals surface area (Å²) < 4.78 is 16.5. The maximum absolute atomic E-state index is 13.3. The van der Waals surface area contributed by atoms with Crippen molar-refractivity contribution < 1.29 is 28.6 Å². The molecule has 0 heterocycles. The quantitative estimate of drug-likeness (QED) is 0.187. The molecule has 42 heavy (non-hydrogen) atoms. The summed E-state index contributed by atoms with van der Waals surface area (Å²) in [4.78, 5) is 37.3. The summed E-state index contributed by atoms with van der Waals surface area (Å²) in [6.07, 6.45) is -0.663. The van der Waals surface area contributed by atoms with Crippen LogP contribution in [0.5, 0.6) is 17.2 Å². The van der Waals surface area contributed by atoms with Crippen LogP contribution in [0.15, 0.2) is 72.8 Å². The molecular formula is C32H34N4O6. The average molecular weight is 571 g/mol. The fraction of sp³-hybridized carbons (Fsp3) is 0.219. The van der Waals surface area contributed by atoms with Crippen LogP contribution in [0.3, 0.4) is 0 Å². The van der Waals surface area contributed by atoms with Gasteiger partial charge in [-0.1, -0.05) is 51.1 Å². The van der Waals surface area contributed by atoms with E-state index >= 15 is 0 Å². The van der Waals surface area contributed by atoms with Crippen LogP contribution in [0, 0.1) is 0 Å². The molecule has 4 aromatic rings. The summed E-state index contributed by atoms with van der Waals surface area (Å²) in [5.74, 6) is 1.12. The number of hydrogen-bond acceptors (Lipinski definition) is 6. The zero-order valence-electron chi connectivity index (χ0n) is 24.4. The van der Waals surface area contributed by atoms with Crippen molar-refractivity contribution in [2.75, 3.05) is 37.2 Å². The second-order valence-electron chi connectivity index (χ2n) is 10.4. The smallest absolute Gasteiger partial charge is 0.411 e. The van der Waals surface area contributed by atoms with Gasteiger partial charge in [0.25, 0.3) is 5.91 Å². The number of rotatable bonds is 7. The summed E-state index contributed by atoms with van der Waals surface area (Å²) in [5.41, 5.74) is 2.32. The highest BCUT2D eigenvalue weighted by Gasteiger charge is 2.22. The third-order valence-electron chi connectivity index (χ3n) is 6.51.